The Morgan fingerprint density at radius 1 is 1.15 bits per heavy atom. The molecule has 1 saturated heterocycles. The third-order valence-corrected chi connectivity index (χ3v) is 4.89. The molecule has 4 nitrogen and oxygen atoms in total. The van der Waals surface area contributed by atoms with E-state index in [9.17, 15) is 21.6 Å². The SMILES string of the molecule is Cl.NC1CCCN(S(=O)(=O)c2cc(F)c(F)cc2F)C1. The van der Waals surface area contributed by atoms with E-state index in [1.807, 2.05) is 0 Å². The van der Waals surface area contributed by atoms with Crippen molar-refractivity contribution in [1.82, 2.24) is 4.31 Å². The van der Waals surface area contributed by atoms with Crippen molar-refractivity contribution in [3.63, 3.8) is 0 Å². The number of hydrogen-bond donors (Lipinski definition) is 1. The van der Waals surface area contributed by atoms with Crippen LogP contribution in [0.4, 0.5) is 13.2 Å². The van der Waals surface area contributed by atoms with Crippen molar-refractivity contribution in [2.24, 2.45) is 5.73 Å². The highest BCUT2D eigenvalue weighted by Gasteiger charge is 2.32. The average molecular weight is 331 g/mol. The molecule has 0 bridgehead atoms. The van der Waals surface area contributed by atoms with Crippen molar-refractivity contribution in [2.45, 2.75) is 23.8 Å². The number of rotatable bonds is 2. The van der Waals surface area contributed by atoms with Crippen LogP contribution in [0, 0.1) is 17.5 Å². The van der Waals surface area contributed by atoms with E-state index in [1.54, 1.807) is 0 Å². The lowest BCUT2D eigenvalue weighted by molar-refractivity contribution is 0.314. The Kier molecular flexibility index (Phi) is 5.42. The minimum Gasteiger partial charge on any atom is -0.327 e. The lowest BCUT2D eigenvalue weighted by atomic mass is 10.1. The fourth-order valence-corrected chi connectivity index (χ4v) is 3.63. The largest absolute Gasteiger partial charge is 0.327 e. The monoisotopic (exact) mass is 330 g/mol. The molecule has 0 aromatic heterocycles. The van der Waals surface area contributed by atoms with Crippen LogP contribution in [-0.4, -0.2) is 31.9 Å². The van der Waals surface area contributed by atoms with Gasteiger partial charge in [-0.2, -0.15) is 4.31 Å². The van der Waals surface area contributed by atoms with E-state index in [0.717, 1.165) is 4.31 Å². The van der Waals surface area contributed by atoms with Crippen molar-refractivity contribution >= 4 is 22.4 Å². The standard InChI is InChI=1S/C11H13F3N2O2S.ClH/c12-8-4-10(14)11(5-9(8)13)19(17,18)16-3-1-2-7(15)6-16;/h4-5,7H,1-3,6,15H2;1H. The van der Waals surface area contributed by atoms with Crippen molar-refractivity contribution in [3.8, 4) is 0 Å². The summed E-state index contributed by atoms with van der Waals surface area (Å²) in [5.41, 5.74) is 5.66. The van der Waals surface area contributed by atoms with Crippen LogP contribution in [0.3, 0.4) is 0 Å². The topological polar surface area (TPSA) is 63.4 Å². The number of hydrogen-bond acceptors (Lipinski definition) is 3. The Hall–Kier alpha value is -0.830. The van der Waals surface area contributed by atoms with E-state index in [-0.39, 0.29) is 37.6 Å². The van der Waals surface area contributed by atoms with Gasteiger partial charge in [0.25, 0.3) is 0 Å². The summed E-state index contributed by atoms with van der Waals surface area (Å²) in [5.74, 6) is -4.13. The van der Waals surface area contributed by atoms with Crippen molar-refractivity contribution in [2.75, 3.05) is 13.1 Å². The lowest BCUT2D eigenvalue weighted by Crippen LogP contribution is -2.45. The van der Waals surface area contributed by atoms with Gasteiger partial charge in [-0.05, 0) is 18.9 Å². The lowest BCUT2D eigenvalue weighted by Gasteiger charge is -2.29. The molecular weight excluding hydrogens is 317 g/mol. The second-order valence-corrected chi connectivity index (χ2v) is 6.37. The molecule has 1 atom stereocenters. The summed E-state index contributed by atoms with van der Waals surface area (Å²) in [5, 5.41) is 0. The molecule has 1 fully saturated rings. The molecule has 1 unspecified atom stereocenters. The minimum absolute atomic E-state index is 0. The predicted molar refractivity (Wildman–Crippen MR) is 69.5 cm³/mol. The Labute approximate surface area is 121 Å². The fourth-order valence-electron chi connectivity index (χ4n) is 2.03. The van der Waals surface area contributed by atoms with Gasteiger partial charge < -0.3 is 5.73 Å². The highest BCUT2D eigenvalue weighted by atomic mass is 35.5. The highest BCUT2D eigenvalue weighted by Crippen LogP contribution is 2.24. The summed E-state index contributed by atoms with van der Waals surface area (Å²) in [7, 11) is -4.19. The van der Waals surface area contributed by atoms with E-state index in [0.29, 0.717) is 18.9 Å². The molecule has 114 valence electrons. The quantitative estimate of drug-likeness (QED) is 0.838. The van der Waals surface area contributed by atoms with Crippen LogP contribution < -0.4 is 5.73 Å². The van der Waals surface area contributed by atoms with Crippen LogP contribution in [0.1, 0.15) is 12.8 Å². The van der Waals surface area contributed by atoms with Gasteiger partial charge in [0.05, 0.1) is 0 Å². The maximum atomic E-state index is 13.5. The van der Waals surface area contributed by atoms with Gasteiger partial charge in [0.2, 0.25) is 10.0 Å². The van der Waals surface area contributed by atoms with Crippen LogP contribution in [0.25, 0.3) is 0 Å². The second-order valence-electron chi connectivity index (χ2n) is 4.46. The molecule has 20 heavy (non-hydrogen) atoms. The first-order chi connectivity index (χ1) is 8.82. The molecule has 1 aliphatic heterocycles. The fraction of sp³-hybridized carbons (Fsp3) is 0.455. The Morgan fingerprint density at radius 2 is 1.75 bits per heavy atom. The second kappa shape index (κ2) is 6.30. The Morgan fingerprint density at radius 3 is 2.35 bits per heavy atom. The van der Waals surface area contributed by atoms with Crippen LogP contribution in [0.5, 0.6) is 0 Å². The summed E-state index contributed by atoms with van der Waals surface area (Å²) in [4.78, 5) is -0.861. The molecule has 0 radical (unpaired) electrons. The van der Waals surface area contributed by atoms with Gasteiger partial charge in [-0.15, -0.1) is 12.4 Å². The highest BCUT2D eigenvalue weighted by molar-refractivity contribution is 7.89. The summed E-state index contributed by atoms with van der Waals surface area (Å²) < 4.78 is 64.7. The molecule has 9 heteroatoms. The van der Waals surface area contributed by atoms with E-state index in [4.69, 9.17) is 5.73 Å². The van der Waals surface area contributed by atoms with Crippen molar-refractivity contribution in [1.29, 1.82) is 0 Å². The van der Waals surface area contributed by atoms with Gasteiger partial charge in [0, 0.05) is 25.2 Å². The molecule has 2 rings (SSSR count). The van der Waals surface area contributed by atoms with Gasteiger partial charge in [-0.3, -0.25) is 0 Å². The van der Waals surface area contributed by atoms with Gasteiger partial charge in [0.15, 0.2) is 11.6 Å². The number of nitrogens with zero attached hydrogens (tertiary/aromatic N) is 1. The van der Waals surface area contributed by atoms with Gasteiger partial charge >= 0.3 is 0 Å². The molecule has 0 saturated carbocycles. The molecule has 0 spiro atoms. The minimum atomic E-state index is -4.19. The maximum Gasteiger partial charge on any atom is 0.246 e. The molecular formula is C11H14ClF3N2O2S. The first kappa shape index (κ1) is 17.2. The smallest absolute Gasteiger partial charge is 0.246 e. The van der Waals surface area contributed by atoms with Gasteiger partial charge in [0.1, 0.15) is 10.7 Å². The maximum absolute atomic E-state index is 13.5. The number of sulfonamides is 1. The van der Waals surface area contributed by atoms with E-state index >= 15 is 0 Å². The van der Waals surface area contributed by atoms with Crippen molar-refractivity contribution in [3.05, 3.63) is 29.6 Å². The molecule has 1 aliphatic rings. The third-order valence-electron chi connectivity index (χ3n) is 3.01. The zero-order valence-corrected chi connectivity index (χ0v) is 12.0. The first-order valence-corrected chi connectivity index (χ1v) is 7.16. The van der Waals surface area contributed by atoms with Crippen LogP contribution in [0.2, 0.25) is 0 Å². The molecule has 0 amide bonds. The third kappa shape index (κ3) is 3.25. The van der Waals surface area contributed by atoms with E-state index in [1.165, 1.54) is 0 Å². The van der Waals surface area contributed by atoms with E-state index < -0.39 is 32.4 Å². The number of halogens is 4. The van der Waals surface area contributed by atoms with Crippen LogP contribution in [-0.2, 0) is 10.0 Å². The summed E-state index contributed by atoms with van der Waals surface area (Å²) in [6.45, 7) is 0.231. The molecule has 1 aromatic rings. The zero-order valence-electron chi connectivity index (χ0n) is 10.4. The average Bonchev–Trinajstić information content (AvgIpc) is 2.33. The molecule has 1 heterocycles. The normalized spacial score (nSPS) is 20.5. The number of piperidine rings is 1. The summed E-state index contributed by atoms with van der Waals surface area (Å²) in [6, 6.07) is 0.253. The summed E-state index contributed by atoms with van der Waals surface area (Å²) >= 11 is 0. The van der Waals surface area contributed by atoms with Gasteiger partial charge in [-0.1, -0.05) is 0 Å². The Bertz CT molecular complexity index is 598. The molecule has 0 aliphatic carbocycles. The van der Waals surface area contributed by atoms with Crippen LogP contribution >= 0.6 is 12.4 Å². The van der Waals surface area contributed by atoms with Crippen LogP contribution in [0.15, 0.2) is 17.0 Å². The van der Waals surface area contributed by atoms with E-state index in [2.05, 4.69) is 0 Å². The molecule has 1 aromatic carbocycles. The summed E-state index contributed by atoms with van der Waals surface area (Å²) in [6.07, 6.45) is 1.22. The predicted octanol–water partition coefficient (Wildman–Crippen LogP) is 1.64. The molecule has 2 N–H and O–H groups in total. The zero-order chi connectivity index (χ0) is 14.2. The number of nitrogens with two attached hydrogens (primary N) is 1. The Balaban J connectivity index is 0.00000200. The van der Waals surface area contributed by atoms with Crippen molar-refractivity contribution < 1.29 is 21.6 Å². The van der Waals surface area contributed by atoms with Gasteiger partial charge in [-0.25, -0.2) is 21.6 Å². The number of benzene rings is 1. The first-order valence-electron chi connectivity index (χ1n) is 5.72.